The van der Waals surface area contributed by atoms with Gasteiger partial charge >= 0.3 is 0 Å². The molecule has 2 heterocycles. The van der Waals surface area contributed by atoms with E-state index in [1.807, 2.05) is 6.92 Å². The van der Waals surface area contributed by atoms with Gasteiger partial charge in [0.15, 0.2) is 4.96 Å². The van der Waals surface area contributed by atoms with Crippen molar-refractivity contribution < 1.29 is 4.79 Å². The maximum absolute atomic E-state index is 11.8. The Morgan fingerprint density at radius 1 is 1.60 bits per heavy atom. The molecular formula is C15H21N3OS. The molecule has 3 rings (SSSR count). The summed E-state index contributed by atoms with van der Waals surface area (Å²) < 4.78 is 2.16. The maximum Gasteiger partial charge on any atom is 0.220 e. The van der Waals surface area contributed by atoms with Crippen LogP contribution in [0.25, 0.3) is 4.96 Å². The zero-order valence-electron chi connectivity index (χ0n) is 12.1. The Bertz CT molecular complexity index is 612. The predicted molar refractivity (Wildman–Crippen MR) is 81.3 cm³/mol. The van der Waals surface area contributed by atoms with Gasteiger partial charge in [0, 0.05) is 35.7 Å². The van der Waals surface area contributed by atoms with E-state index in [-0.39, 0.29) is 11.9 Å². The zero-order valence-corrected chi connectivity index (χ0v) is 12.9. The lowest BCUT2D eigenvalue weighted by Crippen LogP contribution is -2.32. The lowest BCUT2D eigenvalue weighted by atomic mass is 10.2. The molecule has 1 aliphatic carbocycles. The van der Waals surface area contributed by atoms with Crippen molar-refractivity contribution in [3.05, 3.63) is 23.0 Å². The summed E-state index contributed by atoms with van der Waals surface area (Å²) in [7, 11) is 0. The molecule has 1 N–H and O–H groups in total. The first kappa shape index (κ1) is 13.6. The number of amides is 1. The lowest BCUT2D eigenvalue weighted by Gasteiger charge is -2.10. The summed E-state index contributed by atoms with van der Waals surface area (Å²) in [6.07, 6.45) is 7.01. The number of fused-ring (bicyclic) bond motifs is 1. The fourth-order valence-electron chi connectivity index (χ4n) is 2.29. The van der Waals surface area contributed by atoms with E-state index in [1.165, 1.54) is 24.2 Å². The number of rotatable bonds is 6. The minimum Gasteiger partial charge on any atom is -0.354 e. The second-order valence-electron chi connectivity index (χ2n) is 5.70. The number of nitrogens with zero attached hydrogens (tertiary/aromatic N) is 2. The van der Waals surface area contributed by atoms with Crippen molar-refractivity contribution in [3.63, 3.8) is 0 Å². The van der Waals surface area contributed by atoms with Crippen molar-refractivity contribution in [2.75, 3.05) is 0 Å². The molecule has 20 heavy (non-hydrogen) atoms. The SMILES string of the molecule is CC[C@@H](C)NC(=O)CCc1csc2nc(C3CC3)cn12. The van der Waals surface area contributed by atoms with Gasteiger partial charge in [-0.3, -0.25) is 9.20 Å². The van der Waals surface area contributed by atoms with Crippen LogP contribution in [0.2, 0.25) is 0 Å². The minimum absolute atomic E-state index is 0.140. The van der Waals surface area contributed by atoms with E-state index in [1.54, 1.807) is 11.3 Å². The summed E-state index contributed by atoms with van der Waals surface area (Å²) in [4.78, 5) is 17.6. The van der Waals surface area contributed by atoms with E-state index in [0.717, 1.165) is 17.8 Å². The largest absolute Gasteiger partial charge is 0.354 e. The Balaban J connectivity index is 1.63. The molecule has 0 aromatic carbocycles. The van der Waals surface area contributed by atoms with Crippen LogP contribution < -0.4 is 5.32 Å². The summed E-state index contributed by atoms with van der Waals surface area (Å²) in [6, 6.07) is 0.264. The second-order valence-corrected chi connectivity index (χ2v) is 6.53. The third kappa shape index (κ3) is 2.87. The summed E-state index contributed by atoms with van der Waals surface area (Å²) >= 11 is 1.67. The van der Waals surface area contributed by atoms with Gasteiger partial charge < -0.3 is 5.32 Å². The lowest BCUT2D eigenvalue weighted by molar-refractivity contribution is -0.121. The Morgan fingerprint density at radius 3 is 3.10 bits per heavy atom. The number of hydrogen-bond acceptors (Lipinski definition) is 3. The van der Waals surface area contributed by atoms with E-state index in [4.69, 9.17) is 0 Å². The highest BCUT2D eigenvalue weighted by molar-refractivity contribution is 7.15. The molecule has 2 aromatic heterocycles. The van der Waals surface area contributed by atoms with E-state index >= 15 is 0 Å². The molecule has 0 radical (unpaired) electrons. The third-order valence-corrected chi connectivity index (χ3v) is 4.81. The summed E-state index contributed by atoms with van der Waals surface area (Å²) in [5, 5.41) is 5.13. The smallest absolute Gasteiger partial charge is 0.220 e. The molecule has 0 saturated heterocycles. The highest BCUT2D eigenvalue weighted by Gasteiger charge is 2.26. The first-order valence-corrected chi connectivity index (χ1v) is 8.30. The summed E-state index contributed by atoms with van der Waals surface area (Å²) in [5.74, 6) is 0.824. The molecule has 108 valence electrons. The van der Waals surface area contributed by atoms with Crippen LogP contribution in [0.15, 0.2) is 11.6 Å². The molecule has 1 aliphatic rings. The van der Waals surface area contributed by atoms with Crippen molar-refractivity contribution in [2.45, 2.75) is 57.9 Å². The van der Waals surface area contributed by atoms with Gasteiger partial charge in [-0.1, -0.05) is 6.92 Å². The van der Waals surface area contributed by atoms with Crippen LogP contribution in [0.5, 0.6) is 0 Å². The molecule has 1 fully saturated rings. The van der Waals surface area contributed by atoms with Crippen LogP contribution in [-0.4, -0.2) is 21.3 Å². The van der Waals surface area contributed by atoms with Gasteiger partial charge in [-0.05, 0) is 32.6 Å². The normalized spacial score (nSPS) is 16.5. The molecule has 0 unspecified atom stereocenters. The van der Waals surface area contributed by atoms with Crippen LogP contribution in [0.3, 0.4) is 0 Å². The highest BCUT2D eigenvalue weighted by atomic mass is 32.1. The molecule has 5 heteroatoms. The predicted octanol–water partition coefficient (Wildman–Crippen LogP) is 3.12. The van der Waals surface area contributed by atoms with E-state index in [9.17, 15) is 4.79 Å². The van der Waals surface area contributed by atoms with Gasteiger partial charge in [0.1, 0.15) is 0 Å². The van der Waals surface area contributed by atoms with Crippen LogP contribution in [0, 0.1) is 0 Å². The van der Waals surface area contributed by atoms with Gasteiger partial charge in [0.2, 0.25) is 5.91 Å². The number of nitrogens with one attached hydrogen (secondary N) is 1. The first-order valence-electron chi connectivity index (χ1n) is 7.42. The van der Waals surface area contributed by atoms with Crippen LogP contribution in [0.1, 0.15) is 56.8 Å². The quantitative estimate of drug-likeness (QED) is 0.889. The van der Waals surface area contributed by atoms with Crippen molar-refractivity contribution in [1.82, 2.24) is 14.7 Å². The van der Waals surface area contributed by atoms with Crippen molar-refractivity contribution in [2.24, 2.45) is 0 Å². The molecule has 0 bridgehead atoms. The fourth-order valence-corrected chi connectivity index (χ4v) is 3.21. The molecule has 1 amide bonds. The molecule has 0 spiro atoms. The Kier molecular flexibility index (Phi) is 3.78. The van der Waals surface area contributed by atoms with Gasteiger partial charge in [-0.15, -0.1) is 11.3 Å². The maximum atomic E-state index is 11.8. The number of hydrogen-bond donors (Lipinski definition) is 1. The molecule has 1 atom stereocenters. The Hall–Kier alpha value is -1.36. The topological polar surface area (TPSA) is 46.4 Å². The summed E-state index contributed by atoms with van der Waals surface area (Å²) in [5.41, 5.74) is 2.42. The van der Waals surface area contributed by atoms with Crippen LogP contribution in [0.4, 0.5) is 0 Å². The van der Waals surface area contributed by atoms with Crippen molar-refractivity contribution >= 4 is 22.2 Å². The Labute approximate surface area is 123 Å². The number of carbonyl (C=O) groups is 1. The van der Waals surface area contributed by atoms with E-state index in [0.29, 0.717) is 12.3 Å². The van der Waals surface area contributed by atoms with Gasteiger partial charge in [-0.2, -0.15) is 0 Å². The zero-order chi connectivity index (χ0) is 14.1. The number of carbonyl (C=O) groups excluding carboxylic acids is 1. The molecule has 2 aromatic rings. The van der Waals surface area contributed by atoms with Gasteiger partial charge in [-0.25, -0.2) is 4.98 Å². The summed E-state index contributed by atoms with van der Waals surface area (Å²) in [6.45, 7) is 4.12. The van der Waals surface area contributed by atoms with Crippen LogP contribution in [-0.2, 0) is 11.2 Å². The average Bonchev–Trinajstić information content (AvgIpc) is 3.08. The van der Waals surface area contributed by atoms with Gasteiger partial charge in [0.25, 0.3) is 0 Å². The first-order chi connectivity index (χ1) is 9.67. The number of aromatic nitrogens is 2. The molecule has 0 aliphatic heterocycles. The number of imidazole rings is 1. The number of thiazole rings is 1. The molecule has 4 nitrogen and oxygen atoms in total. The van der Waals surface area contributed by atoms with Crippen molar-refractivity contribution in [3.8, 4) is 0 Å². The van der Waals surface area contributed by atoms with E-state index in [2.05, 4.69) is 33.2 Å². The van der Waals surface area contributed by atoms with Crippen LogP contribution >= 0.6 is 11.3 Å². The second kappa shape index (κ2) is 5.56. The standard InChI is InChI=1S/C15H21N3OS/c1-3-10(2)16-14(19)7-6-12-9-20-15-17-13(8-18(12)15)11-4-5-11/h8-11H,3-7H2,1-2H3,(H,16,19)/t10-/m1/s1. The molecule has 1 saturated carbocycles. The Morgan fingerprint density at radius 2 is 2.40 bits per heavy atom. The fraction of sp³-hybridized carbons (Fsp3) is 0.600. The van der Waals surface area contributed by atoms with E-state index < -0.39 is 0 Å². The van der Waals surface area contributed by atoms with Gasteiger partial charge in [0.05, 0.1) is 5.69 Å². The monoisotopic (exact) mass is 291 g/mol. The van der Waals surface area contributed by atoms with Crippen molar-refractivity contribution in [1.29, 1.82) is 0 Å². The molecular weight excluding hydrogens is 270 g/mol. The minimum atomic E-state index is 0.140. The number of aryl methyl sites for hydroxylation is 1. The third-order valence-electron chi connectivity index (χ3n) is 3.93. The highest BCUT2D eigenvalue weighted by Crippen LogP contribution is 2.40. The average molecular weight is 291 g/mol.